The van der Waals surface area contributed by atoms with Crippen molar-refractivity contribution in [2.75, 3.05) is 13.1 Å². The number of carbonyl (C=O) groups is 1. The average molecular weight is 381 g/mol. The first kappa shape index (κ1) is 20.9. The third-order valence-electron chi connectivity index (χ3n) is 5.12. The number of nitrogens with one attached hydrogen (secondary N) is 1. The van der Waals surface area contributed by atoms with Crippen LogP contribution in [0.5, 0.6) is 0 Å². The summed E-state index contributed by atoms with van der Waals surface area (Å²) in [4.78, 5) is 12.7. The molecule has 1 aromatic carbocycles. The zero-order chi connectivity index (χ0) is 19.2. The topological polar surface area (TPSA) is 66.5 Å². The van der Waals surface area contributed by atoms with Crippen LogP contribution in [-0.2, 0) is 10.0 Å². The SMILES string of the molecule is CCCCCCNC(=O)c1cc(S(=O)(=O)N2CCCCC2C)ccc1C. The molecule has 1 unspecified atom stereocenters. The fraction of sp³-hybridized carbons (Fsp3) is 0.650. The molecule has 1 amide bonds. The third kappa shape index (κ3) is 5.07. The Bertz CT molecular complexity index is 716. The number of unbranched alkanes of at least 4 members (excludes halogenated alkanes) is 3. The summed E-state index contributed by atoms with van der Waals surface area (Å²) in [6.07, 6.45) is 7.20. The number of hydrogen-bond donors (Lipinski definition) is 1. The van der Waals surface area contributed by atoms with Gasteiger partial charge in [-0.1, -0.05) is 38.7 Å². The van der Waals surface area contributed by atoms with E-state index in [0.717, 1.165) is 50.5 Å². The first-order valence-electron chi connectivity index (χ1n) is 9.78. The monoisotopic (exact) mass is 380 g/mol. The zero-order valence-corrected chi connectivity index (χ0v) is 17.1. The summed E-state index contributed by atoms with van der Waals surface area (Å²) in [6.45, 7) is 7.12. The smallest absolute Gasteiger partial charge is 0.251 e. The predicted octanol–water partition coefficient (Wildman–Crippen LogP) is 3.87. The first-order valence-corrected chi connectivity index (χ1v) is 11.2. The molecule has 146 valence electrons. The molecule has 0 spiro atoms. The van der Waals surface area contributed by atoms with Crippen molar-refractivity contribution in [2.45, 2.75) is 76.7 Å². The lowest BCUT2D eigenvalue weighted by molar-refractivity contribution is 0.0952. The zero-order valence-electron chi connectivity index (χ0n) is 16.3. The van der Waals surface area contributed by atoms with Gasteiger partial charge in [0.05, 0.1) is 4.90 Å². The van der Waals surface area contributed by atoms with E-state index in [4.69, 9.17) is 0 Å². The average Bonchev–Trinajstić information content (AvgIpc) is 2.61. The maximum absolute atomic E-state index is 13.0. The minimum Gasteiger partial charge on any atom is -0.352 e. The van der Waals surface area contributed by atoms with E-state index < -0.39 is 10.0 Å². The van der Waals surface area contributed by atoms with Gasteiger partial charge in [-0.05, 0) is 50.8 Å². The Kier molecular flexibility index (Phi) is 7.65. The van der Waals surface area contributed by atoms with Crippen molar-refractivity contribution in [1.82, 2.24) is 9.62 Å². The van der Waals surface area contributed by atoms with Crippen LogP contribution in [0.15, 0.2) is 23.1 Å². The highest BCUT2D eigenvalue weighted by Gasteiger charge is 2.31. The van der Waals surface area contributed by atoms with Crippen LogP contribution < -0.4 is 5.32 Å². The number of aryl methyl sites for hydroxylation is 1. The maximum Gasteiger partial charge on any atom is 0.251 e. The van der Waals surface area contributed by atoms with Crippen LogP contribution in [0.1, 0.15) is 74.7 Å². The van der Waals surface area contributed by atoms with E-state index in [2.05, 4.69) is 12.2 Å². The van der Waals surface area contributed by atoms with Crippen LogP contribution in [0.2, 0.25) is 0 Å². The van der Waals surface area contributed by atoms with Crippen molar-refractivity contribution >= 4 is 15.9 Å². The molecule has 1 atom stereocenters. The van der Waals surface area contributed by atoms with Gasteiger partial charge in [-0.2, -0.15) is 4.31 Å². The Hall–Kier alpha value is -1.40. The molecule has 6 heteroatoms. The minimum absolute atomic E-state index is 0.00546. The summed E-state index contributed by atoms with van der Waals surface area (Å²) in [5.41, 5.74) is 1.24. The first-order chi connectivity index (χ1) is 12.4. The number of benzene rings is 1. The van der Waals surface area contributed by atoms with Crippen LogP contribution in [-0.4, -0.2) is 37.8 Å². The molecule has 1 N–H and O–H groups in total. The number of carbonyl (C=O) groups excluding carboxylic acids is 1. The van der Waals surface area contributed by atoms with E-state index in [1.807, 2.05) is 13.8 Å². The molecule has 1 aliphatic heterocycles. The number of nitrogens with zero attached hydrogens (tertiary/aromatic N) is 1. The molecule has 5 nitrogen and oxygen atoms in total. The molecular formula is C20H32N2O3S. The molecule has 26 heavy (non-hydrogen) atoms. The summed E-state index contributed by atoms with van der Waals surface area (Å²) in [5.74, 6) is -0.192. The van der Waals surface area contributed by atoms with Crippen molar-refractivity contribution in [1.29, 1.82) is 0 Å². The summed E-state index contributed by atoms with van der Waals surface area (Å²) in [6, 6.07) is 4.89. The van der Waals surface area contributed by atoms with E-state index in [0.29, 0.717) is 18.7 Å². The Morgan fingerprint density at radius 3 is 2.69 bits per heavy atom. The second-order valence-corrected chi connectivity index (χ2v) is 9.14. The van der Waals surface area contributed by atoms with Crippen molar-refractivity contribution in [3.8, 4) is 0 Å². The Morgan fingerprint density at radius 2 is 2.00 bits per heavy atom. The fourth-order valence-electron chi connectivity index (χ4n) is 3.42. The van der Waals surface area contributed by atoms with Crippen molar-refractivity contribution < 1.29 is 13.2 Å². The minimum atomic E-state index is -3.56. The van der Waals surface area contributed by atoms with Crippen molar-refractivity contribution in [2.24, 2.45) is 0 Å². The van der Waals surface area contributed by atoms with E-state index in [1.54, 1.807) is 16.4 Å². The molecule has 0 saturated carbocycles. The van der Waals surface area contributed by atoms with Gasteiger partial charge in [0, 0.05) is 24.7 Å². The van der Waals surface area contributed by atoms with Gasteiger partial charge in [0.15, 0.2) is 0 Å². The summed E-state index contributed by atoms with van der Waals surface area (Å²) >= 11 is 0. The van der Waals surface area contributed by atoms with Crippen molar-refractivity contribution in [3.05, 3.63) is 29.3 Å². The number of piperidine rings is 1. The van der Waals surface area contributed by atoms with E-state index in [9.17, 15) is 13.2 Å². The molecular weight excluding hydrogens is 348 g/mol. The van der Waals surface area contributed by atoms with Gasteiger partial charge in [-0.25, -0.2) is 8.42 Å². The predicted molar refractivity (Wildman–Crippen MR) is 105 cm³/mol. The highest BCUT2D eigenvalue weighted by Crippen LogP contribution is 2.26. The molecule has 1 heterocycles. The van der Waals surface area contributed by atoms with Crippen LogP contribution >= 0.6 is 0 Å². The maximum atomic E-state index is 13.0. The fourth-order valence-corrected chi connectivity index (χ4v) is 5.15. The molecule has 0 aliphatic carbocycles. The molecule has 0 bridgehead atoms. The van der Waals surface area contributed by atoms with Gasteiger partial charge < -0.3 is 5.32 Å². The van der Waals surface area contributed by atoms with Crippen LogP contribution in [0.3, 0.4) is 0 Å². The van der Waals surface area contributed by atoms with E-state index >= 15 is 0 Å². The lowest BCUT2D eigenvalue weighted by Gasteiger charge is -2.32. The van der Waals surface area contributed by atoms with Gasteiger partial charge in [0.2, 0.25) is 10.0 Å². The molecule has 1 saturated heterocycles. The number of sulfonamides is 1. The summed E-state index contributed by atoms with van der Waals surface area (Å²) in [5, 5.41) is 2.92. The Balaban J connectivity index is 2.14. The van der Waals surface area contributed by atoms with E-state index in [1.165, 1.54) is 6.07 Å². The van der Waals surface area contributed by atoms with Crippen LogP contribution in [0, 0.1) is 6.92 Å². The summed E-state index contributed by atoms with van der Waals surface area (Å²) in [7, 11) is -3.56. The molecule has 0 aromatic heterocycles. The Morgan fingerprint density at radius 1 is 1.23 bits per heavy atom. The quantitative estimate of drug-likeness (QED) is 0.696. The number of amides is 1. The molecule has 0 radical (unpaired) electrons. The van der Waals surface area contributed by atoms with Gasteiger partial charge >= 0.3 is 0 Å². The van der Waals surface area contributed by atoms with Crippen LogP contribution in [0.25, 0.3) is 0 Å². The molecule has 2 rings (SSSR count). The standard InChI is InChI=1S/C20H32N2O3S/c1-4-5-6-8-13-21-20(23)19-15-18(12-11-16(19)2)26(24,25)22-14-9-7-10-17(22)3/h11-12,15,17H,4-10,13-14H2,1-3H3,(H,21,23). The van der Waals surface area contributed by atoms with Gasteiger partial charge in [0.1, 0.15) is 0 Å². The number of rotatable bonds is 8. The normalized spacial score (nSPS) is 18.7. The summed E-state index contributed by atoms with van der Waals surface area (Å²) < 4.78 is 27.6. The lowest BCUT2D eigenvalue weighted by atomic mass is 10.1. The lowest BCUT2D eigenvalue weighted by Crippen LogP contribution is -2.42. The molecule has 1 aliphatic rings. The van der Waals surface area contributed by atoms with E-state index in [-0.39, 0.29) is 16.8 Å². The third-order valence-corrected chi connectivity index (χ3v) is 7.13. The second kappa shape index (κ2) is 9.51. The largest absolute Gasteiger partial charge is 0.352 e. The number of hydrogen-bond acceptors (Lipinski definition) is 3. The second-order valence-electron chi connectivity index (χ2n) is 7.25. The van der Waals surface area contributed by atoms with Gasteiger partial charge in [-0.3, -0.25) is 4.79 Å². The molecule has 1 fully saturated rings. The van der Waals surface area contributed by atoms with Gasteiger partial charge in [0.25, 0.3) is 5.91 Å². The van der Waals surface area contributed by atoms with Crippen molar-refractivity contribution in [3.63, 3.8) is 0 Å². The Labute approximate surface area is 158 Å². The van der Waals surface area contributed by atoms with Crippen LogP contribution in [0.4, 0.5) is 0 Å². The molecule has 1 aromatic rings. The highest BCUT2D eigenvalue weighted by molar-refractivity contribution is 7.89. The highest BCUT2D eigenvalue weighted by atomic mass is 32.2. The van der Waals surface area contributed by atoms with Gasteiger partial charge in [-0.15, -0.1) is 0 Å².